The Bertz CT molecular complexity index is 663. The van der Waals surface area contributed by atoms with Gasteiger partial charge in [0, 0.05) is 11.5 Å². The molecule has 0 saturated heterocycles. The molecule has 0 atom stereocenters. The summed E-state index contributed by atoms with van der Waals surface area (Å²) in [6, 6.07) is 14.3. The van der Waals surface area contributed by atoms with Crippen LogP contribution in [-0.4, -0.2) is 11.8 Å². The first kappa shape index (κ1) is 13.8. The summed E-state index contributed by atoms with van der Waals surface area (Å²) in [4.78, 5) is 11.9. The predicted molar refractivity (Wildman–Crippen MR) is 76.4 cm³/mol. The van der Waals surface area contributed by atoms with Crippen LogP contribution < -0.4 is 10.5 Å². The molecule has 0 aliphatic rings. The molecule has 2 aromatic carbocycles. The lowest BCUT2D eigenvalue weighted by Gasteiger charge is -2.13. The zero-order valence-corrected chi connectivity index (χ0v) is 11.4. The number of rotatable bonds is 3. The molecule has 1 amide bonds. The summed E-state index contributed by atoms with van der Waals surface area (Å²) in [6.45, 7) is 3.66. The summed E-state index contributed by atoms with van der Waals surface area (Å²) in [5.74, 6) is -0.838. The highest BCUT2D eigenvalue weighted by Gasteiger charge is 2.06. The van der Waals surface area contributed by atoms with E-state index in [-0.39, 0.29) is 5.91 Å². The van der Waals surface area contributed by atoms with Crippen molar-refractivity contribution in [3.05, 3.63) is 70.8 Å². The Hall–Kier alpha value is -2.62. The van der Waals surface area contributed by atoms with Gasteiger partial charge in [0.15, 0.2) is 0 Å². The Kier molecular flexibility index (Phi) is 4.15. The van der Waals surface area contributed by atoms with E-state index in [1.165, 1.54) is 0 Å². The van der Waals surface area contributed by atoms with Gasteiger partial charge in [-0.05, 0) is 36.6 Å². The molecule has 0 radical (unpaired) electrons. The van der Waals surface area contributed by atoms with Crippen LogP contribution in [0.5, 0.6) is 0 Å². The molecule has 0 aliphatic carbocycles. The monoisotopic (exact) mass is 267 g/mol. The summed E-state index contributed by atoms with van der Waals surface area (Å²) in [7, 11) is 0. The zero-order chi connectivity index (χ0) is 14.5. The van der Waals surface area contributed by atoms with Crippen molar-refractivity contribution in [2.45, 2.75) is 13.8 Å². The molecule has 0 saturated carbocycles. The first-order valence-corrected chi connectivity index (χ1v) is 6.26. The van der Waals surface area contributed by atoms with Crippen molar-refractivity contribution in [2.75, 3.05) is 0 Å². The lowest BCUT2D eigenvalue weighted by molar-refractivity contribution is -0.213. The van der Waals surface area contributed by atoms with Crippen LogP contribution in [0.3, 0.4) is 0 Å². The standard InChI is InChI=1S/C16H16N2O2/c1-11-7-3-5-9-13(11)15(19)17-18-16(20)14-10-6-4-8-12(14)2/h3-10H,1-2H3,(H,17,19)(H,18,20)/p-1. The van der Waals surface area contributed by atoms with E-state index in [2.05, 4.69) is 10.5 Å². The smallest absolute Gasteiger partial charge is 0.271 e. The minimum Gasteiger partial charge on any atom is -0.857 e. The lowest BCUT2D eigenvalue weighted by atomic mass is 10.1. The largest absolute Gasteiger partial charge is 0.857 e. The van der Waals surface area contributed by atoms with Crippen LogP contribution in [0.25, 0.3) is 0 Å². The van der Waals surface area contributed by atoms with Gasteiger partial charge >= 0.3 is 0 Å². The van der Waals surface area contributed by atoms with Crippen LogP contribution in [0.2, 0.25) is 0 Å². The third-order valence-electron chi connectivity index (χ3n) is 3.02. The van der Waals surface area contributed by atoms with Crippen molar-refractivity contribution in [3.8, 4) is 0 Å². The average molecular weight is 267 g/mol. The first-order chi connectivity index (χ1) is 9.59. The number of hydrazone groups is 1. The number of carbonyl (C=O) groups excluding carboxylic acids is 1. The van der Waals surface area contributed by atoms with Crippen molar-refractivity contribution >= 4 is 11.8 Å². The number of aryl methyl sites for hydroxylation is 2. The number of benzene rings is 2. The third kappa shape index (κ3) is 3.03. The molecular formula is C16H15N2O2-. The van der Waals surface area contributed by atoms with E-state index in [1.807, 2.05) is 38.1 Å². The van der Waals surface area contributed by atoms with E-state index >= 15 is 0 Å². The second-order valence-corrected chi connectivity index (χ2v) is 4.49. The maximum Gasteiger partial charge on any atom is 0.271 e. The van der Waals surface area contributed by atoms with E-state index in [0.29, 0.717) is 11.1 Å². The predicted octanol–water partition coefficient (Wildman–Crippen LogP) is 1.76. The lowest BCUT2D eigenvalue weighted by Crippen LogP contribution is -2.27. The van der Waals surface area contributed by atoms with Crippen LogP contribution in [0.1, 0.15) is 27.0 Å². The van der Waals surface area contributed by atoms with E-state index in [4.69, 9.17) is 0 Å². The molecule has 102 valence electrons. The summed E-state index contributed by atoms with van der Waals surface area (Å²) >= 11 is 0. The second kappa shape index (κ2) is 6.02. The summed E-state index contributed by atoms with van der Waals surface area (Å²) in [5.41, 5.74) is 4.96. The average Bonchev–Trinajstić information content (AvgIpc) is 2.45. The van der Waals surface area contributed by atoms with Gasteiger partial charge in [0.05, 0.1) is 0 Å². The number of nitrogens with one attached hydrogen (secondary N) is 1. The number of amides is 1. The highest BCUT2D eigenvalue weighted by molar-refractivity contribution is 5.97. The van der Waals surface area contributed by atoms with Crippen molar-refractivity contribution in [2.24, 2.45) is 5.10 Å². The molecule has 4 nitrogen and oxygen atoms in total. The fraction of sp³-hybridized carbons (Fsp3) is 0.125. The highest BCUT2D eigenvalue weighted by atomic mass is 16.3. The van der Waals surface area contributed by atoms with Gasteiger partial charge in [0.2, 0.25) is 0 Å². The van der Waals surface area contributed by atoms with Gasteiger partial charge in [-0.1, -0.05) is 42.5 Å². The fourth-order valence-electron chi connectivity index (χ4n) is 1.86. The molecule has 1 N–H and O–H groups in total. The molecule has 0 spiro atoms. The topological polar surface area (TPSA) is 64.5 Å². The zero-order valence-electron chi connectivity index (χ0n) is 11.4. The van der Waals surface area contributed by atoms with Crippen LogP contribution >= 0.6 is 0 Å². The minimum atomic E-state index is -0.454. The van der Waals surface area contributed by atoms with Gasteiger partial charge in [-0.25, -0.2) is 5.43 Å². The van der Waals surface area contributed by atoms with E-state index in [0.717, 1.165) is 11.1 Å². The van der Waals surface area contributed by atoms with E-state index in [9.17, 15) is 9.90 Å². The quantitative estimate of drug-likeness (QED) is 0.523. The molecule has 4 heteroatoms. The van der Waals surface area contributed by atoms with Crippen molar-refractivity contribution in [1.29, 1.82) is 0 Å². The molecular weight excluding hydrogens is 252 g/mol. The van der Waals surface area contributed by atoms with Crippen LogP contribution in [-0.2, 0) is 0 Å². The van der Waals surface area contributed by atoms with Gasteiger partial charge in [-0.15, -0.1) is 0 Å². The maximum atomic E-state index is 11.9. The fourth-order valence-corrected chi connectivity index (χ4v) is 1.86. The Morgan fingerprint density at radius 2 is 1.45 bits per heavy atom. The number of hydrogen-bond donors (Lipinski definition) is 1. The van der Waals surface area contributed by atoms with Crippen molar-refractivity contribution in [3.63, 3.8) is 0 Å². The molecule has 0 fully saturated rings. The van der Waals surface area contributed by atoms with E-state index < -0.39 is 5.90 Å². The number of carbonyl (C=O) groups is 1. The number of nitrogens with zero attached hydrogens (tertiary/aromatic N) is 1. The maximum absolute atomic E-state index is 11.9. The Labute approximate surface area is 117 Å². The molecule has 0 aromatic heterocycles. The van der Waals surface area contributed by atoms with Crippen molar-refractivity contribution < 1.29 is 9.90 Å². The number of hydrogen-bond acceptors (Lipinski definition) is 3. The molecule has 20 heavy (non-hydrogen) atoms. The second-order valence-electron chi connectivity index (χ2n) is 4.49. The summed E-state index contributed by atoms with van der Waals surface area (Å²) < 4.78 is 0. The molecule has 2 aromatic rings. The van der Waals surface area contributed by atoms with Gasteiger partial charge in [0.1, 0.15) is 0 Å². The molecule has 0 aliphatic heterocycles. The van der Waals surface area contributed by atoms with Gasteiger partial charge in [-0.2, -0.15) is 5.10 Å². The summed E-state index contributed by atoms with van der Waals surface area (Å²) in [6.07, 6.45) is 0. The van der Waals surface area contributed by atoms with E-state index in [1.54, 1.807) is 24.3 Å². The Morgan fingerprint density at radius 3 is 2.00 bits per heavy atom. The first-order valence-electron chi connectivity index (χ1n) is 6.26. The van der Waals surface area contributed by atoms with Crippen molar-refractivity contribution in [1.82, 2.24) is 5.43 Å². The van der Waals surface area contributed by atoms with Gasteiger partial charge < -0.3 is 5.11 Å². The van der Waals surface area contributed by atoms with Gasteiger partial charge in [0.25, 0.3) is 5.91 Å². The third-order valence-corrected chi connectivity index (χ3v) is 3.02. The molecule has 0 unspecified atom stereocenters. The van der Waals surface area contributed by atoms with Gasteiger partial charge in [-0.3, -0.25) is 4.79 Å². The van der Waals surface area contributed by atoms with Crippen LogP contribution in [0, 0.1) is 13.8 Å². The Balaban J connectivity index is 2.16. The minimum absolute atomic E-state index is 0.384. The van der Waals surface area contributed by atoms with Crippen LogP contribution in [0.15, 0.2) is 53.6 Å². The molecule has 0 bridgehead atoms. The molecule has 0 heterocycles. The summed E-state index contributed by atoms with van der Waals surface area (Å²) in [5, 5.41) is 15.5. The normalized spacial score (nSPS) is 11.2. The Morgan fingerprint density at radius 1 is 0.950 bits per heavy atom. The molecule has 2 rings (SSSR count). The highest BCUT2D eigenvalue weighted by Crippen LogP contribution is 2.07. The van der Waals surface area contributed by atoms with Crippen LogP contribution in [0.4, 0.5) is 0 Å². The SMILES string of the molecule is Cc1ccccc1C(=O)NN=C([O-])c1ccccc1C.